The lowest BCUT2D eigenvalue weighted by molar-refractivity contribution is 0.298. The Labute approximate surface area is 181 Å². The maximum Gasteiger partial charge on any atom is 0.180 e. The summed E-state index contributed by atoms with van der Waals surface area (Å²) < 4.78 is 29.9. The van der Waals surface area contributed by atoms with Crippen LogP contribution in [-0.2, 0) is 6.42 Å². The van der Waals surface area contributed by atoms with Crippen molar-refractivity contribution in [3.05, 3.63) is 65.9 Å². The van der Waals surface area contributed by atoms with Crippen LogP contribution < -0.4 is 4.90 Å². The van der Waals surface area contributed by atoms with Crippen LogP contribution in [-0.4, -0.2) is 54.1 Å². The maximum atomic E-state index is 14.4. The summed E-state index contributed by atoms with van der Waals surface area (Å²) in [6, 6.07) is 8.29. The van der Waals surface area contributed by atoms with Gasteiger partial charge in [0, 0.05) is 36.9 Å². The van der Waals surface area contributed by atoms with E-state index in [-0.39, 0.29) is 25.3 Å². The first-order chi connectivity index (χ1) is 15.5. The molecule has 1 saturated heterocycles. The van der Waals surface area contributed by atoms with Gasteiger partial charge in [0.1, 0.15) is 29.3 Å². The van der Waals surface area contributed by atoms with Gasteiger partial charge in [-0.1, -0.05) is 0 Å². The fraction of sp³-hybridized carbons (Fsp3) is 0.273. The molecular weight excluding hydrogens is 418 g/mol. The van der Waals surface area contributed by atoms with Gasteiger partial charge < -0.3 is 15.1 Å². The number of hydrogen-bond donors (Lipinski definition) is 2. The molecule has 1 aromatic carbocycles. The first-order valence-corrected chi connectivity index (χ1v) is 10.2. The van der Waals surface area contributed by atoms with Gasteiger partial charge in [-0.05, 0) is 36.4 Å². The summed E-state index contributed by atoms with van der Waals surface area (Å²) >= 11 is 0. The van der Waals surface area contributed by atoms with E-state index in [4.69, 9.17) is 0 Å². The van der Waals surface area contributed by atoms with Crippen LogP contribution in [0.5, 0.6) is 5.75 Å². The van der Waals surface area contributed by atoms with E-state index >= 15 is 0 Å². The Balaban J connectivity index is 1.56. The molecule has 32 heavy (non-hydrogen) atoms. The van der Waals surface area contributed by atoms with E-state index in [1.807, 2.05) is 0 Å². The van der Waals surface area contributed by atoms with Gasteiger partial charge in [-0.2, -0.15) is 0 Å². The number of anilines is 1. The van der Waals surface area contributed by atoms with E-state index in [0.717, 1.165) is 6.07 Å². The number of aromatic hydroxyl groups is 1. The number of imidazole rings is 1. The third-order valence-electron chi connectivity index (χ3n) is 5.55. The van der Waals surface area contributed by atoms with Crippen LogP contribution in [0.25, 0.3) is 17.2 Å². The zero-order valence-electron chi connectivity index (χ0n) is 16.9. The molecule has 1 fully saturated rings. The standard InChI is InChI=1S/C22H20F2N6O2/c23-13-1-2-19(32)16(9-13)17-10-14(24)12-29(17)21-4-3-20-26-11-18(30(20)28-21)22-25-7-5-15(27-22)6-8-31/h1-5,7,9,11,14,17,31-32H,6,8,10,12H2/t14-,17+/m0/s1. The highest BCUT2D eigenvalue weighted by atomic mass is 19.1. The van der Waals surface area contributed by atoms with E-state index in [2.05, 4.69) is 20.1 Å². The molecule has 164 valence electrons. The molecule has 2 atom stereocenters. The second-order valence-electron chi connectivity index (χ2n) is 7.65. The maximum absolute atomic E-state index is 14.4. The summed E-state index contributed by atoms with van der Waals surface area (Å²) in [6.07, 6.45) is 2.56. The molecule has 3 aromatic heterocycles. The monoisotopic (exact) mass is 438 g/mol. The molecule has 0 amide bonds. The number of hydrogen-bond acceptors (Lipinski definition) is 7. The quantitative estimate of drug-likeness (QED) is 0.494. The van der Waals surface area contributed by atoms with Crippen molar-refractivity contribution < 1.29 is 19.0 Å². The van der Waals surface area contributed by atoms with Gasteiger partial charge in [0.25, 0.3) is 0 Å². The van der Waals surface area contributed by atoms with Crippen LogP contribution in [0.2, 0.25) is 0 Å². The van der Waals surface area contributed by atoms with Crippen molar-refractivity contribution in [1.82, 2.24) is 24.6 Å². The molecule has 1 aliphatic rings. The van der Waals surface area contributed by atoms with Crippen molar-refractivity contribution in [1.29, 1.82) is 0 Å². The Morgan fingerprint density at radius 1 is 1.12 bits per heavy atom. The van der Waals surface area contributed by atoms with Crippen LogP contribution >= 0.6 is 0 Å². The number of alkyl halides is 1. The van der Waals surface area contributed by atoms with Crippen LogP contribution in [0, 0.1) is 5.82 Å². The van der Waals surface area contributed by atoms with Gasteiger partial charge in [0.05, 0.1) is 18.8 Å². The number of aliphatic hydroxyl groups is 1. The zero-order chi connectivity index (χ0) is 22.2. The summed E-state index contributed by atoms with van der Waals surface area (Å²) in [6.45, 7) is 0.0331. The molecule has 8 nitrogen and oxygen atoms in total. The molecule has 0 aliphatic carbocycles. The summed E-state index contributed by atoms with van der Waals surface area (Å²) in [4.78, 5) is 14.8. The molecule has 0 radical (unpaired) electrons. The van der Waals surface area contributed by atoms with Gasteiger partial charge >= 0.3 is 0 Å². The van der Waals surface area contributed by atoms with E-state index < -0.39 is 18.0 Å². The molecule has 1 aliphatic heterocycles. The Bertz CT molecular complexity index is 1280. The van der Waals surface area contributed by atoms with E-state index in [0.29, 0.717) is 40.7 Å². The number of fused-ring (bicyclic) bond motifs is 1. The number of phenolic OH excluding ortho intramolecular Hbond substituents is 1. The van der Waals surface area contributed by atoms with Gasteiger partial charge in [-0.15, -0.1) is 5.10 Å². The van der Waals surface area contributed by atoms with Crippen molar-refractivity contribution in [2.24, 2.45) is 0 Å². The number of benzene rings is 1. The van der Waals surface area contributed by atoms with Gasteiger partial charge in [0.2, 0.25) is 0 Å². The minimum absolute atomic E-state index is 0.0281. The van der Waals surface area contributed by atoms with Crippen molar-refractivity contribution in [2.75, 3.05) is 18.1 Å². The number of phenols is 1. The third-order valence-corrected chi connectivity index (χ3v) is 5.55. The summed E-state index contributed by atoms with van der Waals surface area (Å²) in [7, 11) is 0. The first kappa shape index (κ1) is 20.3. The molecule has 5 rings (SSSR count). The molecule has 0 spiro atoms. The number of rotatable bonds is 5. The second-order valence-corrected chi connectivity index (χ2v) is 7.65. The Morgan fingerprint density at radius 3 is 2.84 bits per heavy atom. The summed E-state index contributed by atoms with van der Waals surface area (Å²) in [5.74, 6) is 0.267. The topological polar surface area (TPSA) is 99.7 Å². The molecule has 0 bridgehead atoms. The second kappa shape index (κ2) is 8.12. The van der Waals surface area contributed by atoms with Crippen LogP contribution in [0.1, 0.15) is 23.7 Å². The Hall–Kier alpha value is -3.66. The number of aromatic nitrogens is 5. The van der Waals surface area contributed by atoms with Gasteiger partial charge in [-0.3, -0.25) is 0 Å². The predicted molar refractivity (Wildman–Crippen MR) is 112 cm³/mol. The summed E-state index contributed by atoms with van der Waals surface area (Å²) in [5.41, 5.74) is 2.10. The molecule has 0 saturated carbocycles. The minimum Gasteiger partial charge on any atom is -0.508 e. The lowest BCUT2D eigenvalue weighted by atomic mass is 10.0. The van der Waals surface area contributed by atoms with Crippen molar-refractivity contribution in [3.8, 4) is 17.3 Å². The SMILES string of the molecule is OCCc1ccnc(-c2cnc3ccc(N4C[C@@H](F)C[C@@H]4c4cc(F)ccc4O)nn23)n1. The average molecular weight is 438 g/mol. The van der Waals surface area contributed by atoms with E-state index in [1.54, 1.807) is 40.0 Å². The molecular formula is C22H20F2N6O2. The van der Waals surface area contributed by atoms with Crippen LogP contribution in [0.4, 0.5) is 14.6 Å². The van der Waals surface area contributed by atoms with Crippen molar-refractivity contribution in [2.45, 2.75) is 25.1 Å². The van der Waals surface area contributed by atoms with Gasteiger partial charge in [-0.25, -0.2) is 28.2 Å². The third kappa shape index (κ3) is 3.62. The molecule has 10 heteroatoms. The van der Waals surface area contributed by atoms with Crippen molar-refractivity contribution >= 4 is 11.5 Å². The number of aliphatic hydroxyl groups excluding tert-OH is 1. The van der Waals surface area contributed by atoms with Crippen LogP contribution in [0.3, 0.4) is 0 Å². The number of halogens is 2. The molecule has 2 N–H and O–H groups in total. The fourth-order valence-electron chi connectivity index (χ4n) is 4.07. The summed E-state index contributed by atoms with van der Waals surface area (Å²) in [5, 5.41) is 24.1. The molecule has 0 unspecified atom stereocenters. The zero-order valence-corrected chi connectivity index (χ0v) is 16.9. The predicted octanol–water partition coefficient (Wildman–Crippen LogP) is 2.86. The first-order valence-electron chi connectivity index (χ1n) is 10.2. The molecule has 4 heterocycles. The molecule has 4 aromatic rings. The Kier molecular flexibility index (Phi) is 5.14. The average Bonchev–Trinajstić information content (AvgIpc) is 3.39. The van der Waals surface area contributed by atoms with Crippen LogP contribution in [0.15, 0.2) is 48.8 Å². The smallest absolute Gasteiger partial charge is 0.180 e. The Morgan fingerprint density at radius 2 is 2.00 bits per heavy atom. The largest absolute Gasteiger partial charge is 0.508 e. The van der Waals surface area contributed by atoms with E-state index in [9.17, 15) is 19.0 Å². The fourth-order valence-corrected chi connectivity index (χ4v) is 4.07. The van der Waals surface area contributed by atoms with Gasteiger partial charge in [0.15, 0.2) is 11.5 Å². The lowest BCUT2D eigenvalue weighted by Gasteiger charge is -2.26. The minimum atomic E-state index is -1.15. The highest BCUT2D eigenvalue weighted by molar-refractivity contribution is 5.58. The highest BCUT2D eigenvalue weighted by Crippen LogP contribution is 2.40. The van der Waals surface area contributed by atoms with Crippen molar-refractivity contribution in [3.63, 3.8) is 0 Å². The highest BCUT2D eigenvalue weighted by Gasteiger charge is 2.36. The van der Waals surface area contributed by atoms with E-state index in [1.165, 1.54) is 12.1 Å². The lowest BCUT2D eigenvalue weighted by Crippen LogP contribution is -2.25. The number of nitrogens with zero attached hydrogens (tertiary/aromatic N) is 6. The normalized spacial score (nSPS) is 18.5.